The number of hydrogen-bond acceptors (Lipinski definition) is 9. The van der Waals surface area contributed by atoms with E-state index >= 15 is 0 Å². The maximum absolute atomic E-state index is 13.7. The van der Waals surface area contributed by atoms with Crippen molar-refractivity contribution < 1.29 is 33.5 Å². The van der Waals surface area contributed by atoms with Gasteiger partial charge in [0.25, 0.3) is 11.5 Å². The van der Waals surface area contributed by atoms with E-state index in [1.165, 1.54) is 12.1 Å². The molecule has 10 heteroatoms. The summed E-state index contributed by atoms with van der Waals surface area (Å²) in [5.74, 6) is -3.39. The average Bonchev–Trinajstić information content (AvgIpc) is 2.82. The predicted octanol–water partition coefficient (Wildman–Crippen LogP) is 3.05. The lowest BCUT2D eigenvalue weighted by Gasteiger charge is -2.55. The Kier molecular flexibility index (Phi) is 5.49. The molecule has 182 valence electrons. The molecule has 3 aliphatic heterocycles. The highest BCUT2D eigenvalue weighted by molar-refractivity contribution is 6.04. The summed E-state index contributed by atoms with van der Waals surface area (Å²) >= 11 is 0. The molecular formula is C24H28N2O8. The Bertz CT molecular complexity index is 1030. The molecule has 10 nitrogen and oxygen atoms in total. The number of hydrogen-bond donors (Lipinski definition) is 0. The smallest absolute Gasteiger partial charge is 0.329 e. The van der Waals surface area contributed by atoms with Crippen LogP contribution in [-0.2, 0) is 35.0 Å². The second-order valence-electron chi connectivity index (χ2n) is 9.65. The van der Waals surface area contributed by atoms with E-state index < -0.39 is 40.0 Å². The maximum Gasteiger partial charge on any atom is 0.329 e. The van der Waals surface area contributed by atoms with Crippen LogP contribution < -0.4 is 4.90 Å². The first kappa shape index (κ1) is 22.6. The van der Waals surface area contributed by atoms with Gasteiger partial charge in [-0.05, 0) is 44.2 Å². The van der Waals surface area contributed by atoms with Gasteiger partial charge in [-0.2, -0.15) is 0 Å². The fourth-order valence-electron chi connectivity index (χ4n) is 6.06. The summed E-state index contributed by atoms with van der Waals surface area (Å²) < 4.78 is 17.0. The van der Waals surface area contributed by atoms with Gasteiger partial charge in [-0.25, -0.2) is 0 Å². The second kappa shape index (κ2) is 8.25. The van der Waals surface area contributed by atoms with E-state index in [0.717, 1.165) is 24.9 Å². The number of carbonyl (C=O) groups excluding carboxylic acids is 3. The number of fused-ring (bicyclic) bond motifs is 4. The Labute approximate surface area is 196 Å². The van der Waals surface area contributed by atoms with Crippen molar-refractivity contribution >= 4 is 29.3 Å². The summed E-state index contributed by atoms with van der Waals surface area (Å²) in [7, 11) is 0. The van der Waals surface area contributed by atoms with Gasteiger partial charge in [-0.15, -0.1) is 0 Å². The van der Waals surface area contributed by atoms with E-state index in [2.05, 4.69) is 0 Å². The lowest BCUT2D eigenvalue weighted by atomic mass is 9.66. The van der Waals surface area contributed by atoms with Gasteiger partial charge in [-0.1, -0.05) is 6.42 Å². The number of ether oxygens (including phenoxy) is 3. The summed E-state index contributed by atoms with van der Waals surface area (Å²) in [5.41, 5.74) is -0.568. The number of esters is 3. The van der Waals surface area contributed by atoms with Gasteiger partial charge in [0, 0.05) is 43.6 Å². The molecule has 0 aromatic heterocycles. The van der Waals surface area contributed by atoms with E-state index in [4.69, 9.17) is 14.2 Å². The molecule has 1 saturated carbocycles. The standard InChI is InChI=1S/C24H28N2O8/c1-2-32-20(27)15-8-11-25-18-7-6-17(26(30)31)12-16(18)14-24(19(25)13-15)21(28)33-23(34-22(24)29)9-4-3-5-10-23/h6-7,12,15,19H,2-5,8-11,13-14H2,1H3/t15-,19+/m1/s1. The van der Waals surface area contributed by atoms with Crippen molar-refractivity contribution in [3.63, 3.8) is 0 Å². The number of benzene rings is 1. The third-order valence-corrected chi connectivity index (χ3v) is 7.75. The zero-order valence-corrected chi connectivity index (χ0v) is 19.1. The zero-order valence-electron chi connectivity index (χ0n) is 19.1. The van der Waals surface area contributed by atoms with Crippen molar-refractivity contribution in [1.82, 2.24) is 0 Å². The third kappa shape index (κ3) is 3.42. The van der Waals surface area contributed by atoms with Crippen molar-refractivity contribution in [2.45, 2.75) is 70.1 Å². The molecule has 5 rings (SSSR count). The normalized spacial score (nSPS) is 26.8. The number of nitro benzene ring substituents is 1. The van der Waals surface area contributed by atoms with E-state index in [1.54, 1.807) is 13.0 Å². The lowest BCUT2D eigenvalue weighted by molar-refractivity contribution is -0.384. The van der Waals surface area contributed by atoms with Gasteiger partial charge in [0.1, 0.15) is 0 Å². The summed E-state index contributed by atoms with van der Waals surface area (Å²) in [6.07, 6.45) is 4.13. The topological polar surface area (TPSA) is 125 Å². The molecule has 0 amide bonds. The molecule has 1 aromatic carbocycles. The molecule has 1 aromatic rings. The molecule has 34 heavy (non-hydrogen) atoms. The molecule has 3 heterocycles. The molecule has 2 spiro atoms. The fourth-order valence-corrected chi connectivity index (χ4v) is 6.06. The van der Waals surface area contributed by atoms with Gasteiger partial charge >= 0.3 is 17.9 Å². The molecule has 3 fully saturated rings. The first-order valence-corrected chi connectivity index (χ1v) is 12.0. The predicted molar refractivity (Wildman–Crippen MR) is 118 cm³/mol. The van der Waals surface area contributed by atoms with Crippen LogP contribution in [0.5, 0.6) is 0 Å². The van der Waals surface area contributed by atoms with E-state index in [9.17, 15) is 24.5 Å². The van der Waals surface area contributed by atoms with Crippen molar-refractivity contribution in [3.8, 4) is 0 Å². The maximum atomic E-state index is 13.7. The van der Waals surface area contributed by atoms with Gasteiger partial charge in [0.2, 0.25) is 0 Å². The number of rotatable bonds is 3. The minimum absolute atomic E-state index is 0.0749. The Morgan fingerprint density at radius 1 is 1.21 bits per heavy atom. The highest BCUT2D eigenvalue weighted by Crippen LogP contribution is 2.52. The molecule has 2 saturated heterocycles. The Balaban J connectivity index is 1.57. The van der Waals surface area contributed by atoms with Gasteiger partial charge in [0.15, 0.2) is 5.41 Å². The Morgan fingerprint density at radius 2 is 1.91 bits per heavy atom. The van der Waals surface area contributed by atoms with Crippen molar-refractivity contribution in [2.75, 3.05) is 18.1 Å². The van der Waals surface area contributed by atoms with Crippen LogP contribution in [0.1, 0.15) is 57.4 Å². The molecule has 0 unspecified atom stereocenters. The summed E-state index contributed by atoms with van der Waals surface area (Å²) in [5, 5.41) is 11.4. The van der Waals surface area contributed by atoms with Crippen LogP contribution in [0.2, 0.25) is 0 Å². The number of piperidine rings is 1. The van der Waals surface area contributed by atoms with Crippen molar-refractivity contribution in [2.24, 2.45) is 11.3 Å². The second-order valence-corrected chi connectivity index (χ2v) is 9.65. The zero-order chi connectivity index (χ0) is 24.1. The van der Waals surface area contributed by atoms with E-state index in [-0.39, 0.29) is 31.1 Å². The summed E-state index contributed by atoms with van der Waals surface area (Å²) in [6, 6.07) is 3.81. The van der Waals surface area contributed by atoms with Crippen molar-refractivity contribution in [1.29, 1.82) is 0 Å². The minimum atomic E-state index is -1.70. The lowest BCUT2D eigenvalue weighted by Crippen LogP contribution is -2.68. The SMILES string of the molecule is CCOC(=O)[C@@H]1CCN2c3ccc([N+](=O)[O-])cc3CC3(C(=O)OC4(CCCCC4)OC3=O)[C@@H]2C1. The van der Waals surface area contributed by atoms with Gasteiger partial charge in [-0.3, -0.25) is 24.5 Å². The summed E-state index contributed by atoms with van der Waals surface area (Å²) in [4.78, 5) is 52.9. The largest absolute Gasteiger partial charge is 0.466 e. The highest BCUT2D eigenvalue weighted by atomic mass is 16.7. The van der Waals surface area contributed by atoms with Crippen molar-refractivity contribution in [3.05, 3.63) is 33.9 Å². The Hall–Kier alpha value is -3.17. The van der Waals surface area contributed by atoms with Crippen LogP contribution in [0.25, 0.3) is 0 Å². The number of carbonyl (C=O) groups is 3. The average molecular weight is 472 g/mol. The first-order chi connectivity index (χ1) is 16.3. The highest BCUT2D eigenvalue weighted by Gasteiger charge is 2.66. The Morgan fingerprint density at radius 3 is 2.56 bits per heavy atom. The summed E-state index contributed by atoms with van der Waals surface area (Å²) in [6.45, 7) is 2.37. The van der Waals surface area contributed by atoms with Crippen LogP contribution in [0.15, 0.2) is 18.2 Å². The molecule has 0 N–H and O–H groups in total. The monoisotopic (exact) mass is 472 g/mol. The molecule has 2 atom stereocenters. The van der Waals surface area contributed by atoms with E-state index in [1.807, 2.05) is 4.90 Å². The van der Waals surface area contributed by atoms with Crippen LogP contribution in [0.4, 0.5) is 11.4 Å². The number of non-ortho nitro benzene ring substituents is 1. The molecule has 1 aliphatic carbocycles. The quantitative estimate of drug-likeness (QED) is 0.282. The van der Waals surface area contributed by atoms with Crippen LogP contribution in [0, 0.1) is 21.4 Å². The fraction of sp³-hybridized carbons (Fsp3) is 0.625. The molecule has 4 aliphatic rings. The number of nitro groups is 1. The molecular weight excluding hydrogens is 444 g/mol. The minimum Gasteiger partial charge on any atom is -0.466 e. The first-order valence-electron chi connectivity index (χ1n) is 12.0. The van der Waals surface area contributed by atoms with Crippen LogP contribution in [-0.4, -0.2) is 47.8 Å². The van der Waals surface area contributed by atoms with Crippen LogP contribution >= 0.6 is 0 Å². The van der Waals surface area contributed by atoms with Gasteiger partial charge in [0.05, 0.1) is 23.5 Å². The number of anilines is 1. The molecule has 0 radical (unpaired) electrons. The third-order valence-electron chi connectivity index (χ3n) is 7.75. The number of nitrogens with zero attached hydrogens (tertiary/aromatic N) is 2. The molecule has 0 bridgehead atoms. The van der Waals surface area contributed by atoms with E-state index in [0.29, 0.717) is 31.4 Å². The van der Waals surface area contributed by atoms with Gasteiger partial charge < -0.3 is 19.1 Å². The van der Waals surface area contributed by atoms with Crippen LogP contribution in [0.3, 0.4) is 0 Å².